The summed E-state index contributed by atoms with van der Waals surface area (Å²) < 4.78 is 5.99. The second-order valence-corrected chi connectivity index (χ2v) is 5.26. The van der Waals surface area contributed by atoms with Crippen LogP contribution in [0.5, 0.6) is 0 Å². The Bertz CT molecular complexity index is 666. The van der Waals surface area contributed by atoms with Crippen molar-refractivity contribution >= 4 is 27.4 Å². The number of ether oxygens (including phenoxy) is 1. The monoisotopic (exact) mass is 296 g/mol. The summed E-state index contributed by atoms with van der Waals surface area (Å²) >= 11 is 1.32. The summed E-state index contributed by atoms with van der Waals surface area (Å²) in [6.07, 6.45) is 1.47. The zero-order valence-electron chi connectivity index (χ0n) is 11.6. The molecule has 0 fully saturated rings. The first-order valence-electron chi connectivity index (χ1n) is 6.24. The van der Waals surface area contributed by atoms with Crippen LogP contribution in [0.25, 0.3) is 4.96 Å². The van der Waals surface area contributed by atoms with E-state index in [-0.39, 0.29) is 17.4 Å². The molecule has 0 saturated carbocycles. The van der Waals surface area contributed by atoms with Crippen LogP contribution in [-0.4, -0.2) is 40.8 Å². The van der Waals surface area contributed by atoms with E-state index < -0.39 is 0 Å². The molecule has 0 bridgehead atoms. The average molecular weight is 296 g/mol. The molecule has 0 N–H and O–H groups in total. The number of hydrogen-bond donors (Lipinski definition) is 0. The fraction of sp³-hybridized carbons (Fsp3) is 0.500. The van der Waals surface area contributed by atoms with E-state index in [1.165, 1.54) is 35.2 Å². The maximum atomic E-state index is 11.7. The lowest BCUT2D eigenvalue weighted by molar-refractivity contribution is -0.144. The summed E-state index contributed by atoms with van der Waals surface area (Å²) in [6.45, 7) is 4.92. The molecule has 2 aromatic rings. The van der Waals surface area contributed by atoms with Gasteiger partial charge < -0.3 is 9.64 Å². The molecule has 2 heterocycles. The smallest absolute Gasteiger partial charge is 0.310 e. The van der Waals surface area contributed by atoms with Gasteiger partial charge in [-0.3, -0.25) is 9.59 Å². The number of anilines is 1. The minimum Gasteiger partial charge on any atom is -0.469 e. The van der Waals surface area contributed by atoms with Crippen LogP contribution in [0.3, 0.4) is 0 Å². The number of hydrogen-bond acceptors (Lipinski definition) is 7. The Hall–Kier alpha value is -1.96. The predicted octanol–water partition coefficient (Wildman–Crippen LogP) is 0.786. The van der Waals surface area contributed by atoms with Crippen molar-refractivity contribution in [3.63, 3.8) is 0 Å². The molecule has 0 aliphatic rings. The molecule has 0 amide bonds. The maximum Gasteiger partial charge on any atom is 0.310 e. The van der Waals surface area contributed by atoms with E-state index in [1.54, 1.807) is 6.92 Å². The first-order chi connectivity index (χ1) is 9.56. The second-order valence-electron chi connectivity index (χ2n) is 4.32. The Labute approximate surface area is 119 Å². The van der Waals surface area contributed by atoms with Crippen molar-refractivity contribution in [1.82, 2.24) is 14.6 Å². The van der Waals surface area contributed by atoms with E-state index >= 15 is 0 Å². The highest BCUT2D eigenvalue weighted by atomic mass is 32.1. The molecule has 0 spiro atoms. The quantitative estimate of drug-likeness (QED) is 0.759. The summed E-state index contributed by atoms with van der Waals surface area (Å²) in [5.41, 5.74) is -0.213. The fourth-order valence-electron chi connectivity index (χ4n) is 1.81. The lowest BCUT2D eigenvalue weighted by Crippen LogP contribution is -2.32. The number of fused-ring (bicyclic) bond motifs is 1. The lowest BCUT2D eigenvalue weighted by Gasteiger charge is -2.21. The highest BCUT2D eigenvalue weighted by Crippen LogP contribution is 2.21. The normalized spacial score (nSPS) is 12.3. The Morgan fingerprint density at radius 3 is 2.95 bits per heavy atom. The summed E-state index contributed by atoms with van der Waals surface area (Å²) in [6, 6.07) is 1.36. The van der Waals surface area contributed by atoms with Crippen LogP contribution in [0.4, 0.5) is 5.13 Å². The van der Waals surface area contributed by atoms with Crippen LogP contribution in [0.15, 0.2) is 17.1 Å². The predicted molar refractivity (Wildman–Crippen MR) is 76.2 cm³/mol. The van der Waals surface area contributed by atoms with Crippen molar-refractivity contribution in [2.75, 3.05) is 25.1 Å². The number of nitrogens with zero attached hydrogens (tertiary/aromatic N) is 4. The highest BCUT2D eigenvalue weighted by Gasteiger charge is 2.20. The van der Waals surface area contributed by atoms with Crippen LogP contribution in [0, 0.1) is 5.92 Å². The number of methoxy groups -OCH3 is 1. The van der Waals surface area contributed by atoms with Gasteiger partial charge in [0, 0.05) is 25.4 Å². The SMILES string of the molecule is CCN(CC(C)C(=O)OC)c1nn2c(=O)ccnc2s1. The molecule has 2 rings (SSSR count). The van der Waals surface area contributed by atoms with E-state index in [0.29, 0.717) is 23.2 Å². The molecule has 2 aromatic heterocycles. The van der Waals surface area contributed by atoms with Gasteiger partial charge >= 0.3 is 5.97 Å². The Morgan fingerprint density at radius 2 is 2.35 bits per heavy atom. The van der Waals surface area contributed by atoms with Crippen molar-refractivity contribution in [3.05, 3.63) is 22.6 Å². The molecule has 0 aromatic carbocycles. The van der Waals surface area contributed by atoms with Gasteiger partial charge in [-0.1, -0.05) is 18.3 Å². The zero-order valence-corrected chi connectivity index (χ0v) is 12.4. The number of rotatable bonds is 5. The van der Waals surface area contributed by atoms with Crippen molar-refractivity contribution in [3.8, 4) is 0 Å². The van der Waals surface area contributed by atoms with Gasteiger partial charge in [0.1, 0.15) is 0 Å². The number of carbonyl (C=O) groups is 1. The first-order valence-corrected chi connectivity index (χ1v) is 7.06. The van der Waals surface area contributed by atoms with E-state index in [2.05, 4.69) is 10.1 Å². The molecule has 0 aliphatic heterocycles. The molecular weight excluding hydrogens is 280 g/mol. The van der Waals surface area contributed by atoms with Gasteiger partial charge in [0.25, 0.3) is 5.56 Å². The zero-order chi connectivity index (χ0) is 14.7. The van der Waals surface area contributed by atoms with Crippen molar-refractivity contribution in [2.24, 2.45) is 5.92 Å². The standard InChI is InChI=1S/C12H16N4O3S/c1-4-15(7-8(2)10(18)19-3)12-14-16-9(17)5-6-13-11(16)20-12/h5-6,8H,4,7H2,1-3H3. The summed E-state index contributed by atoms with van der Waals surface area (Å²) in [7, 11) is 1.37. The number of carbonyl (C=O) groups excluding carboxylic acids is 1. The van der Waals surface area contributed by atoms with Crippen LogP contribution >= 0.6 is 11.3 Å². The molecule has 20 heavy (non-hydrogen) atoms. The Balaban J connectivity index is 2.28. The molecule has 7 nitrogen and oxygen atoms in total. The van der Waals surface area contributed by atoms with Gasteiger partial charge in [-0.05, 0) is 6.92 Å². The second kappa shape index (κ2) is 6.00. The molecule has 108 valence electrons. The average Bonchev–Trinajstić information content (AvgIpc) is 2.88. The van der Waals surface area contributed by atoms with Crippen LogP contribution in [0.2, 0.25) is 0 Å². The number of aromatic nitrogens is 3. The third-order valence-electron chi connectivity index (χ3n) is 2.91. The molecule has 0 saturated heterocycles. The summed E-state index contributed by atoms with van der Waals surface area (Å²) in [4.78, 5) is 29.7. The van der Waals surface area contributed by atoms with E-state index in [1.807, 2.05) is 11.8 Å². The van der Waals surface area contributed by atoms with E-state index in [0.717, 1.165) is 0 Å². The Morgan fingerprint density at radius 1 is 1.60 bits per heavy atom. The molecule has 0 aliphatic carbocycles. The molecule has 1 atom stereocenters. The van der Waals surface area contributed by atoms with Gasteiger partial charge in [-0.25, -0.2) is 4.98 Å². The van der Waals surface area contributed by atoms with E-state index in [4.69, 9.17) is 4.74 Å². The molecule has 1 unspecified atom stereocenters. The molecular formula is C12H16N4O3S. The molecule has 0 radical (unpaired) electrons. The van der Waals surface area contributed by atoms with Gasteiger partial charge in [0.05, 0.1) is 13.0 Å². The maximum absolute atomic E-state index is 11.7. The third kappa shape index (κ3) is 2.79. The van der Waals surface area contributed by atoms with E-state index in [9.17, 15) is 9.59 Å². The van der Waals surface area contributed by atoms with Gasteiger partial charge in [0.15, 0.2) is 0 Å². The summed E-state index contributed by atoms with van der Waals surface area (Å²) in [5, 5.41) is 4.92. The first kappa shape index (κ1) is 14.4. The largest absolute Gasteiger partial charge is 0.469 e. The Kier molecular flexibility index (Phi) is 4.33. The number of esters is 1. The van der Waals surface area contributed by atoms with Gasteiger partial charge in [-0.15, -0.1) is 5.10 Å². The van der Waals surface area contributed by atoms with Crippen LogP contribution in [0.1, 0.15) is 13.8 Å². The summed E-state index contributed by atoms with van der Waals surface area (Å²) in [5.74, 6) is -0.531. The fourth-order valence-corrected chi connectivity index (χ4v) is 2.76. The van der Waals surface area contributed by atoms with Crippen molar-refractivity contribution < 1.29 is 9.53 Å². The van der Waals surface area contributed by atoms with Gasteiger partial charge in [0.2, 0.25) is 10.1 Å². The third-order valence-corrected chi connectivity index (χ3v) is 3.89. The highest BCUT2D eigenvalue weighted by molar-refractivity contribution is 7.20. The lowest BCUT2D eigenvalue weighted by atomic mass is 10.2. The van der Waals surface area contributed by atoms with Crippen LogP contribution < -0.4 is 10.5 Å². The van der Waals surface area contributed by atoms with Gasteiger partial charge in [-0.2, -0.15) is 4.52 Å². The molecule has 8 heteroatoms. The minimum absolute atomic E-state index is 0.213. The van der Waals surface area contributed by atoms with Crippen molar-refractivity contribution in [2.45, 2.75) is 13.8 Å². The minimum atomic E-state index is -0.267. The van der Waals surface area contributed by atoms with Crippen LogP contribution in [-0.2, 0) is 9.53 Å². The van der Waals surface area contributed by atoms with Crippen molar-refractivity contribution in [1.29, 1.82) is 0 Å². The topological polar surface area (TPSA) is 76.8 Å².